The van der Waals surface area contributed by atoms with E-state index < -0.39 is 0 Å². The molecule has 0 bridgehead atoms. The smallest absolute Gasteiger partial charge is 0.234 e. The lowest BCUT2D eigenvalue weighted by Crippen LogP contribution is -2.15. The zero-order valence-corrected chi connectivity index (χ0v) is 11.0. The van der Waals surface area contributed by atoms with Crippen LogP contribution in [0.1, 0.15) is 13.3 Å². The van der Waals surface area contributed by atoms with Crippen molar-refractivity contribution >= 4 is 29.0 Å². The first-order valence-electron chi connectivity index (χ1n) is 5.48. The third-order valence-corrected chi connectivity index (χ3v) is 3.28. The van der Waals surface area contributed by atoms with Gasteiger partial charge in [0.25, 0.3) is 0 Å². The minimum absolute atomic E-state index is 0.0275. The highest BCUT2D eigenvalue weighted by Crippen LogP contribution is 2.24. The summed E-state index contributed by atoms with van der Waals surface area (Å²) in [6.07, 6.45) is 1.07. The average Bonchev–Trinajstić information content (AvgIpc) is 2.32. The summed E-state index contributed by atoms with van der Waals surface area (Å²) in [5, 5.41) is 2.78. The van der Waals surface area contributed by atoms with E-state index in [1.807, 2.05) is 0 Å². The lowest BCUT2D eigenvalue weighted by atomic mass is 10.2. The molecule has 17 heavy (non-hydrogen) atoms. The van der Waals surface area contributed by atoms with Crippen molar-refractivity contribution in [2.45, 2.75) is 13.3 Å². The van der Waals surface area contributed by atoms with Crippen molar-refractivity contribution in [1.82, 2.24) is 0 Å². The number of carbonyl (C=O) groups is 1. The molecular weight excluding hydrogens is 236 g/mol. The van der Waals surface area contributed by atoms with Crippen LogP contribution >= 0.6 is 11.8 Å². The van der Waals surface area contributed by atoms with Gasteiger partial charge in [-0.05, 0) is 24.3 Å². The van der Waals surface area contributed by atoms with E-state index >= 15 is 0 Å². The van der Waals surface area contributed by atoms with Crippen LogP contribution in [-0.2, 0) is 4.79 Å². The van der Waals surface area contributed by atoms with E-state index in [-0.39, 0.29) is 5.91 Å². The number of nitrogens with two attached hydrogens (primary N) is 1. The summed E-state index contributed by atoms with van der Waals surface area (Å²) in [6, 6.07) is 5.20. The van der Waals surface area contributed by atoms with Gasteiger partial charge in [0.15, 0.2) is 0 Å². The summed E-state index contributed by atoms with van der Waals surface area (Å²) in [6.45, 7) is 2.09. The zero-order chi connectivity index (χ0) is 12.7. The molecule has 0 spiro atoms. The van der Waals surface area contributed by atoms with Gasteiger partial charge in [-0.25, -0.2) is 0 Å². The van der Waals surface area contributed by atoms with E-state index in [0.29, 0.717) is 22.9 Å². The summed E-state index contributed by atoms with van der Waals surface area (Å²) in [5.41, 5.74) is 6.94. The molecule has 1 aromatic carbocycles. The van der Waals surface area contributed by atoms with Crippen molar-refractivity contribution in [3.8, 4) is 5.75 Å². The van der Waals surface area contributed by atoms with Gasteiger partial charge in [0.2, 0.25) is 5.91 Å². The number of thioether (sulfide) groups is 1. The summed E-state index contributed by atoms with van der Waals surface area (Å²) in [7, 11) is 1.58. The van der Waals surface area contributed by atoms with Crippen LogP contribution in [0, 0.1) is 0 Å². The van der Waals surface area contributed by atoms with Crippen molar-refractivity contribution in [3.05, 3.63) is 18.2 Å². The van der Waals surface area contributed by atoms with Crippen LogP contribution in [0.4, 0.5) is 11.4 Å². The number of rotatable bonds is 6. The first kappa shape index (κ1) is 13.7. The Balaban J connectivity index is 2.53. The number of carbonyl (C=O) groups excluding carboxylic acids is 1. The average molecular weight is 254 g/mol. The first-order valence-corrected chi connectivity index (χ1v) is 6.64. The van der Waals surface area contributed by atoms with Crippen LogP contribution in [0.3, 0.4) is 0 Å². The number of anilines is 2. The standard InChI is InChI=1S/C12H18N2O2S/c1-3-6-17-8-12(15)14-11-5-4-9(16-2)7-10(11)13/h4-5,7H,3,6,8,13H2,1-2H3,(H,14,15). The Bertz CT molecular complexity index is 383. The normalized spacial score (nSPS) is 10.0. The second-order valence-corrected chi connectivity index (χ2v) is 4.66. The predicted octanol–water partition coefficient (Wildman–Crippen LogP) is 2.36. The fourth-order valence-corrected chi connectivity index (χ4v) is 1.97. The highest BCUT2D eigenvalue weighted by Gasteiger charge is 2.06. The van der Waals surface area contributed by atoms with Crippen LogP contribution in [-0.4, -0.2) is 24.5 Å². The lowest BCUT2D eigenvalue weighted by molar-refractivity contribution is -0.113. The summed E-state index contributed by atoms with van der Waals surface area (Å²) in [5.74, 6) is 2.10. The maximum Gasteiger partial charge on any atom is 0.234 e. The van der Waals surface area contributed by atoms with Gasteiger partial charge in [0.05, 0.1) is 24.2 Å². The molecule has 0 atom stereocenters. The predicted molar refractivity (Wildman–Crippen MR) is 73.7 cm³/mol. The molecule has 0 aliphatic heterocycles. The summed E-state index contributed by atoms with van der Waals surface area (Å²) >= 11 is 1.62. The molecule has 1 rings (SSSR count). The third kappa shape index (κ3) is 4.56. The Morgan fingerprint density at radius 3 is 2.88 bits per heavy atom. The van der Waals surface area contributed by atoms with Crippen molar-refractivity contribution < 1.29 is 9.53 Å². The number of methoxy groups -OCH3 is 1. The van der Waals surface area contributed by atoms with Crippen LogP contribution in [0.25, 0.3) is 0 Å². The quantitative estimate of drug-likeness (QED) is 0.604. The highest BCUT2D eigenvalue weighted by molar-refractivity contribution is 7.99. The second-order valence-electron chi connectivity index (χ2n) is 3.55. The lowest BCUT2D eigenvalue weighted by Gasteiger charge is -2.09. The van der Waals surface area contributed by atoms with Gasteiger partial charge in [0, 0.05) is 6.07 Å². The summed E-state index contributed by atoms with van der Waals surface area (Å²) < 4.78 is 5.04. The number of nitrogens with one attached hydrogen (secondary N) is 1. The Kier molecular flexibility index (Phi) is 5.69. The van der Waals surface area contributed by atoms with Crippen molar-refractivity contribution in [1.29, 1.82) is 0 Å². The van der Waals surface area contributed by atoms with Crippen LogP contribution in [0.5, 0.6) is 5.75 Å². The van der Waals surface area contributed by atoms with Gasteiger partial charge in [-0.2, -0.15) is 11.8 Å². The van der Waals surface area contributed by atoms with Gasteiger partial charge in [0.1, 0.15) is 5.75 Å². The van der Waals surface area contributed by atoms with Gasteiger partial charge < -0.3 is 15.8 Å². The second kappa shape index (κ2) is 7.06. The molecule has 0 aliphatic carbocycles. The topological polar surface area (TPSA) is 64.3 Å². The molecule has 0 heterocycles. The molecular formula is C12H18N2O2S. The highest BCUT2D eigenvalue weighted by atomic mass is 32.2. The van der Waals surface area contributed by atoms with Crippen LogP contribution < -0.4 is 15.8 Å². The van der Waals surface area contributed by atoms with Gasteiger partial charge in [-0.1, -0.05) is 6.92 Å². The molecule has 0 aliphatic rings. The minimum atomic E-state index is -0.0275. The molecule has 3 N–H and O–H groups in total. The molecule has 4 nitrogen and oxygen atoms in total. The maximum atomic E-state index is 11.6. The fourth-order valence-electron chi connectivity index (χ4n) is 1.28. The molecule has 0 unspecified atom stereocenters. The fraction of sp³-hybridized carbons (Fsp3) is 0.417. The molecule has 94 valence electrons. The van der Waals surface area contributed by atoms with E-state index in [4.69, 9.17) is 10.5 Å². The van der Waals surface area contributed by atoms with Crippen molar-refractivity contribution in [2.24, 2.45) is 0 Å². The first-order chi connectivity index (χ1) is 8.17. The van der Waals surface area contributed by atoms with E-state index in [1.54, 1.807) is 37.1 Å². The number of nitrogen functional groups attached to an aromatic ring is 1. The molecule has 1 aromatic rings. The number of amides is 1. The Hall–Kier alpha value is -1.36. The Labute approximate surface area is 106 Å². The van der Waals surface area contributed by atoms with Gasteiger partial charge >= 0.3 is 0 Å². The third-order valence-electron chi connectivity index (χ3n) is 2.11. The van der Waals surface area contributed by atoms with E-state index in [1.165, 1.54) is 0 Å². The van der Waals surface area contributed by atoms with Crippen LogP contribution in [0.2, 0.25) is 0 Å². The Morgan fingerprint density at radius 1 is 1.53 bits per heavy atom. The number of benzene rings is 1. The molecule has 0 saturated carbocycles. The minimum Gasteiger partial charge on any atom is -0.497 e. The molecule has 0 saturated heterocycles. The van der Waals surface area contributed by atoms with Crippen molar-refractivity contribution in [3.63, 3.8) is 0 Å². The molecule has 0 fully saturated rings. The van der Waals surface area contributed by atoms with Gasteiger partial charge in [-0.3, -0.25) is 4.79 Å². The molecule has 0 aromatic heterocycles. The van der Waals surface area contributed by atoms with E-state index in [9.17, 15) is 4.79 Å². The van der Waals surface area contributed by atoms with E-state index in [2.05, 4.69) is 12.2 Å². The van der Waals surface area contributed by atoms with Gasteiger partial charge in [-0.15, -0.1) is 0 Å². The monoisotopic (exact) mass is 254 g/mol. The number of hydrogen-bond acceptors (Lipinski definition) is 4. The Morgan fingerprint density at radius 2 is 2.29 bits per heavy atom. The maximum absolute atomic E-state index is 11.6. The van der Waals surface area contributed by atoms with Crippen LogP contribution in [0.15, 0.2) is 18.2 Å². The SMILES string of the molecule is CCCSCC(=O)Nc1ccc(OC)cc1N. The summed E-state index contributed by atoms with van der Waals surface area (Å²) in [4.78, 5) is 11.6. The van der Waals surface area contributed by atoms with Crippen molar-refractivity contribution in [2.75, 3.05) is 29.7 Å². The number of ether oxygens (including phenoxy) is 1. The molecule has 5 heteroatoms. The molecule has 0 radical (unpaired) electrons. The number of hydrogen-bond donors (Lipinski definition) is 2. The zero-order valence-electron chi connectivity index (χ0n) is 10.2. The largest absolute Gasteiger partial charge is 0.497 e. The van der Waals surface area contributed by atoms with E-state index in [0.717, 1.165) is 12.2 Å². The molecule has 1 amide bonds.